The molecule has 150 valence electrons. The number of aliphatic imine (C=N–C) groups is 1. The summed E-state index contributed by atoms with van der Waals surface area (Å²) in [7, 11) is 1.62. The largest absolute Gasteiger partial charge is 0.497 e. The molecule has 1 aromatic carbocycles. The summed E-state index contributed by atoms with van der Waals surface area (Å²) in [5, 5.41) is 0. The molecule has 0 unspecified atom stereocenters. The van der Waals surface area contributed by atoms with Crippen LogP contribution in [0.2, 0.25) is 0 Å². The summed E-state index contributed by atoms with van der Waals surface area (Å²) in [6, 6.07) is 7.46. The third-order valence-electron chi connectivity index (χ3n) is 7.89. The van der Waals surface area contributed by atoms with E-state index in [0.29, 0.717) is 23.0 Å². The highest BCUT2D eigenvalue weighted by atomic mass is 16.5. The highest BCUT2D eigenvalue weighted by molar-refractivity contribution is 6.13. The van der Waals surface area contributed by atoms with E-state index in [1.807, 2.05) is 29.2 Å². The molecule has 5 rings (SSSR count). The van der Waals surface area contributed by atoms with Gasteiger partial charge >= 0.3 is 0 Å². The minimum Gasteiger partial charge on any atom is -0.497 e. The summed E-state index contributed by atoms with van der Waals surface area (Å²) >= 11 is 0. The number of rotatable bonds is 3. The van der Waals surface area contributed by atoms with E-state index in [-0.39, 0.29) is 28.8 Å². The molecule has 0 spiro atoms. The molecule has 2 fully saturated rings. The summed E-state index contributed by atoms with van der Waals surface area (Å²) in [6.07, 6.45) is 7.27. The van der Waals surface area contributed by atoms with E-state index < -0.39 is 0 Å². The molecular formula is C23H26N4O2. The Labute approximate surface area is 171 Å². The van der Waals surface area contributed by atoms with Gasteiger partial charge in [-0.15, -0.1) is 0 Å². The molecule has 2 bridgehead atoms. The van der Waals surface area contributed by atoms with E-state index in [1.54, 1.807) is 25.7 Å². The van der Waals surface area contributed by atoms with E-state index >= 15 is 0 Å². The Bertz CT molecular complexity index is 986. The van der Waals surface area contributed by atoms with Gasteiger partial charge in [0.05, 0.1) is 25.4 Å². The second-order valence-electron chi connectivity index (χ2n) is 9.17. The molecule has 2 heterocycles. The van der Waals surface area contributed by atoms with Crippen molar-refractivity contribution in [1.82, 2.24) is 14.9 Å². The molecule has 1 aliphatic heterocycles. The number of carbonyl (C=O) groups is 1. The molecule has 6 heteroatoms. The van der Waals surface area contributed by atoms with Crippen LogP contribution in [-0.2, 0) is 0 Å². The molecule has 0 radical (unpaired) electrons. The second-order valence-corrected chi connectivity index (χ2v) is 9.17. The van der Waals surface area contributed by atoms with Crippen LogP contribution in [0.15, 0.2) is 47.8 Å². The van der Waals surface area contributed by atoms with Gasteiger partial charge in [-0.05, 0) is 53.9 Å². The highest BCUT2D eigenvalue weighted by Gasteiger charge is 2.70. The standard InChI is InChI=1S/C23H26N4O2/c1-22(2)16-9-10-23(22,3)19-18(16)26-20(17-13-24-11-12-25-17)27(19)21(28)14-5-7-15(29-4)8-6-14/h5-8,11-13,16,18-19H,9-10H2,1-4H3/t16-,18-,19-,23+/m0/s1. The molecule has 2 aromatic rings. The molecule has 4 atom stereocenters. The zero-order valence-electron chi connectivity index (χ0n) is 17.3. The second kappa shape index (κ2) is 6.12. The van der Waals surface area contributed by atoms with Gasteiger partial charge in [-0.3, -0.25) is 19.7 Å². The fraction of sp³-hybridized carbons (Fsp3) is 0.478. The number of aromatic nitrogens is 2. The Hall–Kier alpha value is -2.76. The lowest BCUT2D eigenvalue weighted by Crippen LogP contribution is -2.52. The monoisotopic (exact) mass is 390 g/mol. The van der Waals surface area contributed by atoms with Crippen LogP contribution >= 0.6 is 0 Å². The smallest absolute Gasteiger partial charge is 0.259 e. The maximum Gasteiger partial charge on any atom is 0.259 e. The van der Waals surface area contributed by atoms with Crippen LogP contribution in [0.4, 0.5) is 0 Å². The number of amides is 1. The minimum atomic E-state index is -0.0332. The van der Waals surface area contributed by atoms with Crippen LogP contribution in [0.25, 0.3) is 0 Å². The number of ether oxygens (including phenoxy) is 1. The van der Waals surface area contributed by atoms with Gasteiger partial charge in [0.2, 0.25) is 0 Å². The SMILES string of the molecule is COc1ccc(C(=O)N2C(c3cnccn3)=N[C@@H]3[C@H]2[C@@]2(C)CC[C@@H]3C2(C)C)cc1. The average molecular weight is 390 g/mol. The Morgan fingerprint density at radius 3 is 2.59 bits per heavy atom. The van der Waals surface area contributed by atoms with Crippen LogP contribution in [0.5, 0.6) is 5.75 Å². The van der Waals surface area contributed by atoms with Crippen LogP contribution in [0.3, 0.4) is 0 Å². The summed E-state index contributed by atoms with van der Waals surface area (Å²) in [6.45, 7) is 7.02. The summed E-state index contributed by atoms with van der Waals surface area (Å²) in [5.74, 6) is 1.83. The van der Waals surface area contributed by atoms with Crippen LogP contribution in [-0.4, -0.2) is 45.8 Å². The first-order chi connectivity index (χ1) is 13.9. The quantitative estimate of drug-likeness (QED) is 0.803. The Morgan fingerprint density at radius 2 is 1.93 bits per heavy atom. The molecular weight excluding hydrogens is 364 g/mol. The Morgan fingerprint density at radius 1 is 1.17 bits per heavy atom. The molecule has 6 nitrogen and oxygen atoms in total. The van der Waals surface area contributed by atoms with Gasteiger partial charge in [-0.2, -0.15) is 0 Å². The van der Waals surface area contributed by atoms with Gasteiger partial charge < -0.3 is 4.74 Å². The number of amidine groups is 1. The topological polar surface area (TPSA) is 67.7 Å². The summed E-state index contributed by atoms with van der Waals surface area (Å²) in [5.41, 5.74) is 1.44. The highest BCUT2D eigenvalue weighted by Crippen LogP contribution is 2.68. The number of benzene rings is 1. The van der Waals surface area contributed by atoms with Crippen molar-refractivity contribution in [1.29, 1.82) is 0 Å². The van der Waals surface area contributed by atoms with Gasteiger partial charge in [0, 0.05) is 18.0 Å². The number of hydrogen-bond acceptors (Lipinski definition) is 5. The third-order valence-corrected chi connectivity index (χ3v) is 7.89. The van der Waals surface area contributed by atoms with E-state index in [1.165, 1.54) is 0 Å². The zero-order valence-corrected chi connectivity index (χ0v) is 17.3. The number of fused-ring (bicyclic) bond motifs is 5. The number of hydrogen-bond donors (Lipinski definition) is 0. The molecule has 0 saturated heterocycles. The van der Waals surface area contributed by atoms with Crippen molar-refractivity contribution in [3.05, 3.63) is 54.1 Å². The van der Waals surface area contributed by atoms with Crippen LogP contribution in [0, 0.1) is 16.7 Å². The van der Waals surface area contributed by atoms with Crippen molar-refractivity contribution >= 4 is 11.7 Å². The molecule has 2 aliphatic carbocycles. The number of carbonyl (C=O) groups excluding carboxylic acids is 1. The molecule has 1 amide bonds. The van der Waals surface area contributed by atoms with Gasteiger partial charge in [0.25, 0.3) is 5.91 Å². The summed E-state index contributed by atoms with van der Waals surface area (Å²) in [4.78, 5) is 29.5. The van der Waals surface area contributed by atoms with Crippen molar-refractivity contribution < 1.29 is 9.53 Å². The lowest BCUT2D eigenvalue weighted by Gasteiger charge is -2.42. The number of nitrogens with zero attached hydrogens (tertiary/aromatic N) is 4. The first-order valence-corrected chi connectivity index (χ1v) is 10.2. The predicted octanol–water partition coefficient (Wildman–Crippen LogP) is 3.58. The van der Waals surface area contributed by atoms with Gasteiger partial charge in [-0.25, -0.2) is 4.98 Å². The lowest BCUT2D eigenvalue weighted by atomic mass is 9.68. The maximum absolute atomic E-state index is 13.8. The lowest BCUT2D eigenvalue weighted by molar-refractivity contribution is 0.0566. The number of methoxy groups -OCH3 is 1. The molecule has 3 aliphatic rings. The Balaban J connectivity index is 1.62. The van der Waals surface area contributed by atoms with Crippen molar-refractivity contribution in [2.75, 3.05) is 7.11 Å². The van der Waals surface area contributed by atoms with Gasteiger partial charge in [0.15, 0.2) is 5.84 Å². The van der Waals surface area contributed by atoms with Crippen LogP contribution in [0.1, 0.15) is 49.7 Å². The van der Waals surface area contributed by atoms with Crippen molar-refractivity contribution in [2.45, 2.75) is 45.7 Å². The molecule has 0 N–H and O–H groups in total. The van der Waals surface area contributed by atoms with Crippen molar-refractivity contribution in [3.8, 4) is 5.75 Å². The first kappa shape index (κ1) is 18.3. The fourth-order valence-electron chi connectivity index (χ4n) is 5.92. The van der Waals surface area contributed by atoms with Crippen molar-refractivity contribution in [3.63, 3.8) is 0 Å². The minimum absolute atomic E-state index is 0.0118. The fourth-order valence-corrected chi connectivity index (χ4v) is 5.92. The van der Waals surface area contributed by atoms with Gasteiger partial charge in [-0.1, -0.05) is 20.8 Å². The van der Waals surface area contributed by atoms with E-state index in [2.05, 4.69) is 30.7 Å². The van der Waals surface area contributed by atoms with Gasteiger partial charge in [0.1, 0.15) is 11.4 Å². The molecule has 1 aromatic heterocycles. The third kappa shape index (κ3) is 2.35. The first-order valence-electron chi connectivity index (χ1n) is 10.2. The zero-order chi connectivity index (χ0) is 20.4. The predicted molar refractivity (Wildman–Crippen MR) is 110 cm³/mol. The van der Waals surface area contributed by atoms with Crippen molar-refractivity contribution in [2.24, 2.45) is 21.7 Å². The van der Waals surface area contributed by atoms with E-state index in [9.17, 15) is 4.79 Å². The molecule has 29 heavy (non-hydrogen) atoms. The van der Waals surface area contributed by atoms with E-state index in [0.717, 1.165) is 18.6 Å². The molecule has 2 saturated carbocycles. The van der Waals surface area contributed by atoms with Crippen LogP contribution < -0.4 is 4.74 Å². The summed E-state index contributed by atoms with van der Waals surface area (Å²) < 4.78 is 5.25. The van der Waals surface area contributed by atoms with E-state index in [4.69, 9.17) is 9.73 Å². The Kier molecular flexibility index (Phi) is 3.86. The maximum atomic E-state index is 13.8. The average Bonchev–Trinajstić information content (AvgIpc) is 3.30. The normalized spacial score (nSPS) is 31.5.